The second-order valence-corrected chi connectivity index (χ2v) is 8.24. The lowest BCUT2D eigenvalue weighted by atomic mass is 10.1. The number of carbonyl (C=O) groups is 1. The first kappa shape index (κ1) is 25.6. The zero-order chi connectivity index (χ0) is 25.4. The van der Waals surface area contributed by atoms with E-state index in [-0.39, 0.29) is 29.4 Å². The number of amides is 1. The summed E-state index contributed by atoms with van der Waals surface area (Å²) in [5, 5.41) is 23.0. The number of non-ortho nitro benzene ring substituents is 1. The lowest BCUT2D eigenvalue weighted by molar-refractivity contribution is -0.384. The van der Waals surface area contributed by atoms with Gasteiger partial charge >= 0.3 is 0 Å². The summed E-state index contributed by atoms with van der Waals surface area (Å²) in [6, 6.07) is 16.8. The van der Waals surface area contributed by atoms with Crippen LogP contribution in [0.3, 0.4) is 0 Å². The van der Waals surface area contributed by atoms with E-state index in [0.29, 0.717) is 32.8 Å². The number of nitrogens with one attached hydrogen (secondary N) is 1. The molecule has 3 rings (SSSR count). The van der Waals surface area contributed by atoms with Gasteiger partial charge in [-0.05, 0) is 65.4 Å². The van der Waals surface area contributed by atoms with Gasteiger partial charge in [-0.3, -0.25) is 14.9 Å². The molecule has 0 aromatic heterocycles. The first-order valence-corrected chi connectivity index (χ1v) is 11.4. The average Bonchev–Trinajstić information content (AvgIpc) is 2.83. The van der Waals surface area contributed by atoms with Crippen LogP contribution in [0, 0.1) is 30.8 Å². The maximum Gasteiger partial charge on any atom is 0.271 e. The third-order valence-electron chi connectivity index (χ3n) is 4.65. The molecular formula is C25H19FIN3O5. The first-order chi connectivity index (χ1) is 16.8. The Balaban J connectivity index is 1.85. The highest BCUT2D eigenvalue weighted by Gasteiger charge is 2.16. The van der Waals surface area contributed by atoms with Gasteiger partial charge in [0.25, 0.3) is 11.6 Å². The summed E-state index contributed by atoms with van der Waals surface area (Å²) in [6.07, 6.45) is 1.37. The van der Waals surface area contributed by atoms with E-state index in [1.165, 1.54) is 36.4 Å². The van der Waals surface area contributed by atoms with Crippen LogP contribution in [0.25, 0.3) is 6.08 Å². The van der Waals surface area contributed by atoms with Crippen molar-refractivity contribution in [3.05, 3.63) is 96.9 Å². The number of nitro benzene ring substituents is 1. The number of ether oxygens (including phenoxy) is 2. The minimum atomic E-state index is -0.721. The third-order valence-corrected chi connectivity index (χ3v) is 5.45. The van der Waals surface area contributed by atoms with Crippen molar-refractivity contribution in [1.82, 2.24) is 0 Å². The van der Waals surface area contributed by atoms with Crippen LogP contribution in [0.2, 0.25) is 0 Å². The highest BCUT2D eigenvalue weighted by atomic mass is 127. The maximum absolute atomic E-state index is 14.0. The molecule has 0 saturated carbocycles. The number of nitrogens with zero attached hydrogens (tertiary/aromatic N) is 2. The summed E-state index contributed by atoms with van der Waals surface area (Å²) in [4.78, 5) is 23.0. The zero-order valence-electron chi connectivity index (χ0n) is 18.5. The normalized spacial score (nSPS) is 10.9. The number of anilines is 1. The van der Waals surface area contributed by atoms with Gasteiger partial charge in [-0.1, -0.05) is 24.3 Å². The van der Waals surface area contributed by atoms with Crippen molar-refractivity contribution in [2.75, 3.05) is 11.9 Å². The molecule has 35 heavy (non-hydrogen) atoms. The van der Waals surface area contributed by atoms with E-state index in [1.807, 2.05) is 28.7 Å². The molecule has 0 spiro atoms. The van der Waals surface area contributed by atoms with Crippen LogP contribution < -0.4 is 14.8 Å². The average molecular weight is 587 g/mol. The number of benzene rings is 3. The van der Waals surface area contributed by atoms with Crippen LogP contribution >= 0.6 is 22.6 Å². The molecule has 178 valence electrons. The Morgan fingerprint density at radius 1 is 1.20 bits per heavy atom. The summed E-state index contributed by atoms with van der Waals surface area (Å²) < 4.78 is 26.1. The number of nitro groups is 1. The SMILES string of the molecule is CCOc1cc(/C=C(\C#N)C(=O)Nc2cccc([N+](=O)[O-])c2)cc(I)c1OCc1ccccc1F. The number of halogens is 2. The molecule has 0 aliphatic carbocycles. The molecule has 0 heterocycles. The van der Waals surface area contributed by atoms with Crippen molar-refractivity contribution < 1.29 is 23.6 Å². The second kappa shape index (κ2) is 11.9. The fourth-order valence-corrected chi connectivity index (χ4v) is 3.83. The number of carbonyl (C=O) groups excluding carboxylic acids is 1. The summed E-state index contributed by atoms with van der Waals surface area (Å²) in [7, 11) is 0. The Bertz CT molecular complexity index is 1340. The van der Waals surface area contributed by atoms with E-state index >= 15 is 0 Å². The summed E-state index contributed by atoms with van der Waals surface area (Å²) in [5.74, 6) is -0.319. The third kappa shape index (κ3) is 6.77. The molecule has 3 aromatic rings. The van der Waals surface area contributed by atoms with E-state index in [2.05, 4.69) is 5.32 Å². The van der Waals surface area contributed by atoms with Crippen LogP contribution in [-0.4, -0.2) is 17.4 Å². The van der Waals surface area contributed by atoms with Crippen LogP contribution in [-0.2, 0) is 11.4 Å². The Labute approximate surface area is 214 Å². The van der Waals surface area contributed by atoms with Gasteiger partial charge in [0.05, 0.1) is 15.1 Å². The predicted octanol–water partition coefficient (Wildman–Crippen LogP) is 5.86. The molecule has 0 atom stereocenters. The molecule has 0 bridgehead atoms. The Kier molecular flexibility index (Phi) is 8.74. The van der Waals surface area contributed by atoms with Crippen molar-refractivity contribution in [1.29, 1.82) is 5.26 Å². The van der Waals surface area contributed by atoms with Gasteiger partial charge in [-0.2, -0.15) is 5.26 Å². The number of rotatable bonds is 9. The van der Waals surface area contributed by atoms with Crippen molar-refractivity contribution >= 4 is 45.9 Å². The number of hydrogen-bond donors (Lipinski definition) is 1. The lowest BCUT2D eigenvalue weighted by Gasteiger charge is -2.15. The molecule has 1 N–H and O–H groups in total. The van der Waals surface area contributed by atoms with Gasteiger partial charge in [-0.15, -0.1) is 0 Å². The maximum atomic E-state index is 14.0. The zero-order valence-corrected chi connectivity index (χ0v) is 20.6. The highest BCUT2D eigenvalue weighted by molar-refractivity contribution is 14.1. The standard InChI is InChI=1S/C25H19FIN3O5/c1-2-34-23-12-16(11-22(27)24(23)35-15-17-6-3-4-9-21(17)26)10-18(14-28)25(31)29-19-7-5-8-20(13-19)30(32)33/h3-13H,2,15H2,1H3,(H,29,31)/b18-10+. The van der Waals surface area contributed by atoms with E-state index < -0.39 is 10.8 Å². The molecule has 1 amide bonds. The smallest absolute Gasteiger partial charge is 0.271 e. The Morgan fingerprint density at radius 2 is 1.97 bits per heavy atom. The largest absolute Gasteiger partial charge is 0.490 e. The highest BCUT2D eigenvalue weighted by Crippen LogP contribution is 2.35. The molecular weight excluding hydrogens is 568 g/mol. The van der Waals surface area contributed by atoms with Crippen molar-refractivity contribution in [3.8, 4) is 17.6 Å². The first-order valence-electron chi connectivity index (χ1n) is 10.3. The molecule has 10 heteroatoms. The van der Waals surface area contributed by atoms with Gasteiger partial charge in [0.2, 0.25) is 0 Å². The van der Waals surface area contributed by atoms with Gasteiger partial charge in [0.1, 0.15) is 24.1 Å². The van der Waals surface area contributed by atoms with Gasteiger partial charge in [-0.25, -0.2) is 4.39 Å². The van der Waals surface area contributed by atoms with Crippen LogP contribution in [0.4, 0.5) is 15.8 Å². The van der Waals surface area contributed by atoms with Crippen LogP contribution in [0.15, 0.2) is 66.2 Å². The fraction of sp³-hybridized carbons (Fsp3) is 0.120. The molecule has 0 aliphatic rings. The summed E-state index contributed by atoms with van der Waals surface area (Å²) >= 11 is 2.03. The molecule has 0 radical (unpaired) electrons. The van der Waals surface area contributed by atoms with Crippen molar-refractivity contribution in [2.45, 2.75) is 13.5 Å². The van der Waals surface area contributed by atoms with E-state index in [4.69, 9.17) is 9.47 Å². The van der Waals surface area contributed by atoms with Crippen molar-refractivity contribution in [3.63, 3.8) is 0 Å². The molecule has 0 unspecified atom stereocenters. The van der Waals surface area contributed by atoms with Crippen molar-refractivity contribution in [2.24, 2.45) is 0 Å². The minimum Gasteiger partial charge on any atom is -0.490 e. The lowest BCUT2D eigenvalue weighted by Crippen LogP contribution is -2.13. The topological polar surface area (TPSA) is 114 Å². The van der Waals surface area contributed by atoms with Crippen LogP contribution in [0.1, 0.15) is 18.1 Å². The quantitative estimate of drug-likeness (QED) is 0.110. The number of hydrogen-bond acceptors (Lipinski definition) is 6. The minimum absolute atomic E-state index is 0.00695. The molecule has 3 aromatic carbocycles. The second-order valence-electron chi connectivity index (χ2n) is 7.07. The summed E-state index contributed by atoms with van der Waals surface area (Å²) in [5.41, 5.74) is 0.676. The summed E-state index contributed by atoms with van der Waals surface area (Å²) in [6.45, 7) is 2.12. The van der Waals surface area contributed by atoms with E-state index in [0.717, 1.165) is 0 Å². The van der Waals surface area contributed by atoms with Gasteiger partial charge in [0.15, 0.2) is 11.5 Å². The van der Waals surface area contributed by atoms with Gasteiger partial charge < -0.3 is 14.8 Å². The molecule has 8 nitrogen and oxygen atoms in total. The molecule has 0 fully saturated rings. The van der Waals surface area contributed by atoms with Gasteiger partial charge in [0, 0.05) is 23.4 Å². The number of nitriles is 1. The Hall–Kier alpha value is -3.98. The van der Waals surface area contributed by atoms with E-state index in [9.17, 15) is 24.6 Å². The fourth-order valence-electron chi connectivity index (χ4n) is 3.05. The Morgan fingerprint density at radius 3 is 2.66 bits per heavy atom. The molecule has 0 aliphatic heterocycles. The monoisotopic (exact) mass is 587 g/mol. The predicted molar refractivity (Wildman–Crippen MR) is 136 cm³/mol. The van der Waals surface area contributed by atoms with E-state index in [1.54, 1.807) is 37.3 Å². The molecule has 0 saturated heterocycles. The van der Waals surface area contributed by atoms with Crippen LogP contribution in [0.5, 0.6) is 11.5 Å².